The predicted octanol–water partition coefficient (Wildman–Crippen LogP) is 1.77. The molecule has 1 N–H and O–H groups in total. The molecular weight excluding hydrogens is 418 g/mol. The molecule has 0 saturated heterocycles. The van der Waals surface area contributed by atoms with Crippen LogP contribution in [-0.2, 0) is 26.2 Å². The zero-order chi connectivity index (χ0) is 22.6. The van der Waals surface area contributed by atoms with Gasteiger partial charge in [-0.3, -0.25) is 14.4 Å². The van der Waals surface area contributed by atoms with Crippen molar-refractivity contribution in [3.8, 4) is 0 Å². The molecule has 0 aromatic heterocycles. The molecule has 0 radical (unpaired) electrons. The second kappa shape index (κ2) is 9.30. The highest BCUT2D eigenvalue weighted by atomic mass is 32.2. The van der Waals surface area contributed by atoms with Crippen molar-refractivity contribution in [2.75, 3.05) is 13.1 Å². The Kier molecular flexibility index (Phi) is 6.74. The molecule has 3 rings (SSSR count). The van der Waals surface area contributed by atoms with E-state index in [2.05, 4.69) is 5.32 Å². The number of carbonyl (C=O) groups excluding carboxylic acids is 3. The van der Waals surface area contributed by atoms with Crippen LogP contribution in [0.25, 0.3) is 0 Å². The zero-order valence-electron chi connectivity index (χ0n) is 17.4. The third-order valence-electron chi connectivity index (χ3n) is 5.15. The number of sulfonamides is 1. The van der Waals surface area contributed by atoms with E-state index in [1.165, 1.54) is 17.0 Å². The van der Waals surface area contributed by atoms with E-state index in [0.29, 0.717) is 6.54 Å². The standard InChI is InChI=1S/C22H25N3O5S/c1-3-23-21(27)16(2)24(15-17-9-5-4-6-10-17)20(26)13-14-25-22(28)18-11-7-8-12-19(18)31(25,29)30/h4-12,16H,3,13-15H2,1-2H3,(H,23,27)/t16-/m0/s1. The maximum absolute atomic E-state index is 13.1. The van der Waals surface area contributed by atoms with Gasteiger partial charge < -0.3 is 10.2 Å². The van der Waals surface area contributed by atoms with E-state index in [1.807, 2.05) is 30.3 Å². The molecule has 2 aromatic carbocycles. The Bertz CT molecular complexity index is 1090. The third kappa shape index (κ3) is 4.61. The molecule has 1 aliphatic heterocycles. The van der Waals surface area contributed by atoms with Crippen molar-refractivity contribution in [2.24, 2.45) is 0 Å². The predicted molar refractivity (Wildman–Crippen MR) is 114 cm³/mol. The fraction of sp³-hybridized carbons (Fsp3) is 0.318. The van der Waals surface area contributed by atoms with Crippen LogP contribution in [0.3, 0.4) is 0 Å². The van der Waals surface area contributed by atoms with E-state index < -0.39 is 27.9 Å². The summed E-state index contributed by atoms with van der Waals surface area (Å²) in [5.74, 6) is -1.36. The Morgan fingerprint density at radius 2 is 1.71 bits per heavy atom. The van der Waals surface area contributed by atoms with Gasteiger partial charge in [0, 0.05) is 26.1 Å². The lowest BCUT2D eigenvalue weighted by Gasteiger charge is -2.29. The Labute approximate surface area is 181 Å². The van der Waals surface area contributed by atoms with Crippen LogP contribution >= 0.6 is 0 Å². The second-order valence-corrected chi connectivity index (χ2v) is 9.04. The van der Waals surface area contributed by atoms with Crippen LogP contribution in [0, 0.1) is 0 Å². The normalized spacial score (nSPS) is 15.3. The number of nitrogens with one attached hydrogen (secondary N) is 1. The van der Waals surface area contributed by atoms with Gasteiger partial charge in [-0.1, -0.05) is 42.5 Å². The Morgan fingerprint density at radius 3 is 2.35 bits per heavy atom. The number of hydrogen-bond donors (Lipinski definition) is 1. The van der Waals surface area contributed by atoms with Crippen molar-refractivity contribution >= 4 is 27.7 Å². The number of benzene rings is 2. The smallest absolute Gasteiger partial charge is 0.269 e. The summed E-state index contributed by atoms with van der Waals surface area (Å²) in [5.41, 5.74) is 0.941. The summed E-state index contributed by atoms with van der Waals surface area (Å²) in [4.78, 5) is 39.4. The fourth-order valence-electron chi connectivity index (χ4n) is 3.48. The lowest BCUT2D eigenvalue weighted by Crippen LogP contribution is -2.48. The van der Waals surface area contributed by atoms with Crippen LogP contribution < -0.4 is 5.32 Å². The SMILES string of the molecule is CCNC(=O)[C@H](C)N(Cc1ccccc1)C(=O)CCN1C(=O)c2ccccc2S1(=O)=O. The van der Waals surface area contributed by atoms with Gasteiger partial charge in [-0.15, -0.1) is 0 Å². The highest BCUT2D eigenvalue weighted by Gasteiger charge is 2.41. The van der Waals surface area contributed by atoms with Gasteiger partial charge in [-0.05, 0) is 31.5 Å². The summed E-state index contributed by atoms with van der Waals surface area (Å²) in [6, 6.07) is 14.4. The van der Waals surface area contributed by atoms with E-state index in [-0.39, 0.29) is 35.9 Å². The van der Waals surface area contributed by atoms with Crippen molar-refractivity contribution < 1.29 is 22.8 Å². The van der Waals surface area contributed by atoms with E-state index >= 15 is 0 Å². The zero-order valence-corrected chi connectivity index (χ0v) is 18.3. The van der Waals surface area contributed by atoms with Crippen molar-refractivity contribution in [3.05, 3.63) is 65.7 Å². The molecule has 31 heavy (non-hydrogen) atoms. The maximum atomic E-state index is 13.1. The van der Waals surface area contributed by atoms with Crippen LogP contribution in [-0.4, -0.2) is 54.5 Å². The topological polar surface area (TPSA) is 104 Å². The van der Waals surface area contributed by atoms with Crippen molar-refractivity contribution in [1.29, 1.82) is 0 Å². The lowest BCUT2D eigenvalue weighted by atomic mass is 10.1. The van der Waals surface area contributed by atoms with Gasteiger partial charge in [-0.2, -0.15) is 0 Å². The Hall–Kier alpha value is -3.20. The molecule has 1 heterocycles. The molecule has 164 valence electrons. The number of rotatable bonds is 8. The van der Waals surface area contributed by atoms with Crippen LogP contribution in [0.5, 0.6) is 0 Å². The lowest BCUT2D eigenvalue weighted by molar-refractivity contribution is -0.140. The fourth-order valence-corrected chi connectivity index (χ4v) is 5.05. The molecule has 0 bridgehead atoms. The number of hydrogen-bond acceptors (Lipinski definition) is 5. The first-order valence-electron chi connectivity index (χ1n) is 10.0. The van der Waals surface area contributed by atoms with E-state index in [9.17, 15) is 22.8 Å². The molecular formula is C22H25N3O5S. The first-order chi connectivity index (χ1) is 14.8. The minimum Gasteiger partial charge on any atom is -0.355 e. The number of likely N-dealkylation sites (N-methyl/N-ethyl adjacent to an activating group) is 1. The largest absolute Gasteiger partial charge is 0.355 e. The van der Waals surface area contributed by atoms with E-state index in [1.54, 1.807) is 26.0 Å². The molecule has 3 amide bonds. The molecule has 0 spiro atoms. The van der Waals surface area contributed by atoms with Gasteiger partial charge in [0.15, 0.2) is 0 Å². The second-order valence-electron chi connectivity index (χ2n) is 7.21. The highest BCUT2D eigenvalue weighted by molar-refractivity contribution is 7.90. The molecule has 0 saturated carbocycles. The van der Waals surface area contributed by atoms with Crippen LogP contribution in [0.1, 0.15) is 36.2 Å². The minimum atomic E-state index is -3.99. The van der Waals surface area contributed by atoms with Crippen molar-refractivity contribution in [3.63, 3.8) is 0 Å². The molecule has 1 aliphatic rings. The summed E-state index contributed by atoms with van der Waals surface area (Å²) in [7, 11) is -3.99. The maximum Gasteiger partial charge on any atom is 0.269 e. The summed E-state index contributed by atoms with van der Waals surface area (Å²) in [6.45, 7) is 3.74. The van der Waals surface area contributed by atoms with Crippen LogP contribution in [0.2, 0.25) is 0 Å². The molecule has 0 fully saturated rings. The van der Waals surface area contributed by atoms with Crippen LogP contribution in [0.15, 0.2) is 59.5 Å². The summed E-state index contributed by atoms with van der Waals surface area (Å²) in [5, 5.41) is 2.70. The molecule has 1 atom stereocenters. The number of amides is 3. The van der Waals surface area contributed by atoms with Gasteiger partial charge >= 0.3 is 0 Å². The minimum absolute atomic E-state index is 0.0516. The molecule has 0 unspecified atom stereocenters. The van der Waals surface area contributed by atoms with E-state index in [4.69, 9.17) is 0 Å². The average Bonchev–Trinajstić information content (AvgIpc) is 2.96. The van der Waals surface area contributed by atoms with Crippen molar-refractivity contribution in [1.82, 2.24) is 14.5 Å². The molecule has 0 aliphatic carbocycles. The quantitative estimate of drug-likeness (QED) is 0.670. The highest BCUT2D eigenvalue weighted by Crippen LogP contribution is 2.30. The number of carbonyl (C=O) groups is 3. The van der Waals surface area contributed by atoms with Crippen LogP contribution in [0.4, 0.5) is 0 Å². The van der Waals surface area contributed by atoms with Gasteiger partial charge in [0.2, 0.25) is 11.8 Å². The summed E-state index contributed by atoms with van der Waals surface area (Å²) in [6.07, 6.45) is -0.227. The first-order valence-corrected chi connectivity index (χ1v) is 11.5. The number of fused-ring (bicyclic) bond motifs is 1. The summed E-state index contributed by atoms with van der Waals surface area (Å²) < 4.78 is 26.2. The molecule has 8 nitrogen and oxygen atoms in total. The van der Waals surface area contributed by atoms with Gasteiger partial charge in [0.25, 0.3) is 15.9 Å². The van der Waals surface area contributed by atoms with Gasteiger partial charge in [-0.25, -0.2) is 12.7 Å². The molecule has 9 heteroatoms. The Morgan fingerprint density at radius 1 is 1.06 bits per heavy atom. The van der Waals surface area contributed by atoms with Gasteiger partial charge in [0.1, 0.15) is 10.9 Å². The number of nitrogens with zero attached hydrogens (tertiary/aromatic N) is 2. The third-order valence-corrected chi connectivity index (χ3v) is 7.00. The first kappa shape index (κ1) is 22.5. The molecule has 2 aromatic rings. The van der Waals surface area contributed by atoms with Gasteiger partial charge in [0.05, 0.1) is 5.56 Å². The average molecular weight is 444 g/mol. The van der Waals surface area contributed by atoms with Crippen molar-refractivity contribution in [2.45, 2.75) is 37.8 Å². The summed E-state index contributed by atoms with van der Waals surface area (Å²) >= 11 is 0. The monoisotopic (exact) mass is 443 g/mol. The Balaban J connectivity index is 1.77. The van der Waals surface area contributed by atoms with E-state index in [0.717, 1.165) is 9.87 Å².